The second-order valence-corrected chi connectivity index (χ2v) is 7.58. The van der Waals surface area contributed by atoms with Crippen LogP contribution in [0.1, 0.15) is 35.2 Å². The number of nitrogens with zero attached hydrogens (tertiary/aromatic N) is 6. The first-order valence-electron chi connectivity index (χ1n) is 10.4. The summed E-state index contributed by atoms with van der Waals surface area (Å²) in [5.74, 6) is 0.343. The summed E-state index contributed by atoms with van der Waals surface area (Å²) in [5.41, 5.74) is 13.1. The molecular weight excluding hydrogens is 408 g/mol. The summed E-state index contributed by atoms with van der Waals surface area (Å²) in [6.45, 7) is 3.88. The van der Waals surface area contributed by atoms with Gasteiger partial charge in [0.1, 0.15) is 11.8 Å². The lowest BCUT2D eigenvalue weighted by Gasteiger charge is -2.15. The minimum Gasteiger partial charge on any atom is -0.492 e. The van der Waals surface area contributed by atoms with E-state index in [1.165, 1.54) is 36.1 Å². The molecule has 1 aliphatic heterocycles. The van der Waals surface area contributed by atoms with Gasteiger partial charge in [0.15, 0.2) is 11.6 Å². The highest BCUT2D eigenvalue weighted by Crippen LogP contribution is 2.27. The van der Waals surface area contributed by atoms with Crippen molar-refractivity contribution in [2.45, 2.75) is 19.3 Å². The van der Waals surface area contributed by atoms with E-state index in [0.29, 0.717) is 29.2 Å². The van der Waals surface area contributed by atoms with Crippen molar-refractivity contribution in [1.82, 2.24) is 24.6 Å². The van der Waals surface area contributed by atoms with Crippen LogP contribution in [0.3, 0.4) is 0 Å². The van der Waals surface area contributed by atoms with Crippen molar-refractivity contribution in [3.05, 3.63) is 47.9 Å². The second-order valence-electron chi connectivity index (χ2n) is 7.58. The summed E-state index contributed by atoms with van der Waals surface area (Å²) in [5, 5.41) is 13.7. The van der Waals surface area contributed by atoms with Gasteiger partial charge in [-0.2, -0.15) is 10.4 Å². The molecule has 2 aromatic heterocycles. The van der Waals surface area contributed by atoms with E-state index in [4.69, 9.17) is 16.2 Å². The first kappa shape index (κ1) is 21.3. The number of hydrogen-bond donors (Lipinski definition) is 2. The van der Waals surface area contributed by atoms with Crippen molar-refractivity contribution in [1.29, 1.82) is 5.26 Å². The number of nitriles is 1. The van der Waals surface area contributed by atoms with Crippen molar-refractivity contribution >= 4 is 11.7 Å². The first-order chi connectivity index (χ1) is 15.5. The molecule has 0 unspecified atom stereocenters. The van der Waals surface area contributed by atoms with Crippen LogP contribution < -0.4 is 16.2 Å². The molecule has 0 spiro atoms. The van der Waals surface area contributed by atoms with Crippen LogP contribution in [0.15, 0.2) is 36.8 Å². The number of primary amides is 1. The SMILES string of the molecule is N#Cc1cc(-c2cnc(N)c(-n3cc(C(N)=O)cn3)n2)ccc1OCCCN1CCCC1. The molecular formula is C22H24N8O2. The Kier molecular flexibility index (Phi) is 6.28. The van der Waals surface area contributed by atoms with E-state index in [-0.39, 0.29) is 17.2 Å². The molecule has 32 heavy (non-hydrogen) atoms. The van der Waals surface area contributed by atoms with Gasteiger partial charge in [-0.05, 0) is 50.6 Å². The van der Waals surface area contributed by atoms with Crippen LogP contribution in [0.25, 0.3) is 17.1 Å². The molecule has 3 heterocycles. The normalized spacial score (nSPS) is 13.7. The molecule has 0 aliphatic carbocycles. The number of benzene rings is 1. The number of likely N-dealkylation sites (tertiary alicyclic amines) is 1. The summed E-state index contributed by atoms with van der Waals surface area (Å²) in [4.78, 5) is 22.5. The highest BCUT2D eigenvalue weighted by atomic mass is 16.5. The molecule has 0 radical (unpaired) electrons. The number of amides is 1. The third kappa shape index (κ3) is 4.68. The average molecular weight is 432 g/mol. The standard InChI is InChI=1S/C22H24N8O2/c23-11-16-10-15(4-5-19(16)32-9-3-8-29-6-1-2-7-29)18-13-26-20(24)22(28-18)30-14-17(12-27-30)21(25)31/h4-5,10,12-14H,1-3,6-9H2,(H2,24,26)(H2,25,31). The Labute approximate surface area is 185 Å². The number of carbonyl (C=O) groups excluding carboxylic acids is 1. The van der Waals surface area contributed by atoms with Gasteiger partial charge >= 0.3 is 0 Å². The molecule has 0 atom stereocenters. The van der Waals surface area contributed by atoms with Gasteiger partial charge < -0.3 is 21.1 Å². The van der Waals surface area contributed by atoms with Gasteiger partial charge in [0.2, 0.25) is 0 Å². The lowest BCUT2D eigenvalue weighted by molar-refractivity contribution is 0.100. The van der Waals surface area contributed by atoms with E-state index >= 15 is 0 Å². The van der Waals surface area contributed by atoms with E-state index < -0.39 is 5.91 Å². The zero-order chi connectivity index (χ0) is 22.5. The van der Waals surface area contributed by atoms with Crippen molar-refractivity contribution < 1.29 is 9.53 Å². The Morgan fingerprint density at radius 1 is 1.25 bits per heavy atom. The number of ether oxygens (including phenoxy) is 1. The molecule has 0 saturated carbocycles. The van der Waals surface area contributed by atoms with Gasteiger partial charge in [0.25, 0.3) is 5.91 Å². The van der Waals surface area contributed by atoms with Crippen LogP contribution in [0.4, 0.5) is 5.82 Å². The third-order valence-corrected chi connectivity index (χ3v) is 5.34. The zero-order valence-electron chi connectivity index (χ0n) is 17.6. The van der Waals surface area contributed by atoms with Crippen LogP contribution in [0.5, 0.6) is 5.75 Å². The average Bonchev–Trinajstić information content (AvgIpc) is 3.49. The molecule has 4 N–H and O–H groups in total. The van der Waals surface area contributed by atoms with E-state index in [9.17, 15) is 10.1 Å². The number of aromatic nitrogens is 4. The Hall–Kier alpha value is -3.97. The maximum absolute atomic E-state index is 11.3. The predicted octanol–water partition coefficient (Wildman–Crippen LogP) is 1.75. The molecule has 1 aromatic carbocycles. The minimum atomic E-state index is -0.603. The van der Waals surface area contributed by atoms with Gasteiger partial charge in [0, 0.05) is 18.3 Å². The van der Waals surface area contributed by atoms with Gasteiger partial charge in [-0.25, -0.2) is 14.6 Å². The largest absolute Gasteiger partial charge is 0.492 e. The lowest BCUT2D eigenvalue weighted by atomic mass is 10.1. The monoisotopic (exact) mass is 432 g/mol. The Morgan fingerprint density at radius 2 is 2.06 bits per heavy atom. The fourth-order valence-electron chi connectivity index (χ4n) is 3.64. The molecule has 4 rings (SSSR count). The van der Waals surface area contributed by atoms with Crippen LogP contribution in [-0.4, -0.2) is 56.8 Å². The summed E-state index contributed by atoms with van der Waals surface area (Å²) < 4.78 is 7.20. The van der Waals surface area contributed by atoms with Gasteiger partial charge in [-0.1, -0.05) is 0 Å². The second kappa shape index (κ2) is 9.45. The van der Waals surface area contributed by atoms with Crippen molar-refractivity contribution in [2.24, 2.45) is 5.73 Å². The molecule has 3 aromatic rings. The molecule has 10 heteroatoms. The van der Waals surface area contributed by atoms with E-state index in [2.05, 4.69) is 26.0 Å². The predicted molar refractivity (Wildman–Crippen MR) is 118 cm³/mol. The minimum absolute atomic E-state index is 0.145. The number of carbonyl (C=O) groups is 1. The Bertz CT molecular complexity index is 1160. The number of hydrogen-bond acceptors (Lipinski definition) is 8. The highest BCUT2D eigenvalue weighted by Gasteiger charge is 2.14. The van der Waals surface area contributed by atoms with Crippen LogP contribution in [0.2, 0.25) is 0 Å². The fraction of sp³-hybridized carbons (Fsp3) is 0.318. The smallest absolute Gasteiger partial charge is 0.251 e. The molecule has 1 saturated heterocycles. The van der Waals surface area contributed by atoms with Gasteiger partial charge in [-0.15, -0.1) is 0 Å². The van der Waals surface area contributed by atoms with Crippen LogP contribution in [-0.2, 0) is 0 Å². The Balaban J connectivity index is 1.50. The fourth-order valence-corrected chi connectivity index (χ4v) is 3.64. The quantitative estimate of drug-likeness (QED) is 0.511. The van der Waals surface area contributed by atoms with Crippen molar-refractivity contribution in [3.63, 3.8) is 0 Å². The zero-order valence-corrected chi connectivity index (χ0v) is 17.6. The summed E-state index contributed by atoms with van der Waals surface area (Å²) >= 11 is 0. The highest BCUT2D eigenvalue weighted by molar-refractivity contribution is 5.92. The molecule has 10 nitrogen and oxygen atoms in total. The maximum atomic E-state index is 11.3. The topological polar surface area (TPSA) is 149 Å². The molecule has 1 fully saturated rings. The molecule has 1 amide bonds. The van der Waals surface area contributed by atoms with Crippen LogP contribution >= 0.6 is 0 Å². The number of nitrogen functional groups attached to an aromatic ring is 1. The third-order valence-electron chi connectivity index (χ3n) is 5.34. The number of nitrogens with two attached hydrogens (primary N) is 2. The van der Waals surface area contributed by atoms with E-state index in [1.807, 2.05) is 6.07 Å². The van der Waals surface area contributed by atoms with Gasteiger partial charge in [-0.3, -0.25) is 4.79 Å². The van der Waals surface area contributed by atoms with Crippen molar-refractivity contribution in [3.8, 4) is 28.9 Å². The molecule has 0 bridgehead atoms. The number of anilines is 1. The van der Waals surface area contributed by atoms with Crippen molar-refractivity contribution in [2.75, 3.05) is 32.0 Å². The molecule has 1 aliphatic rings. The summed E-state index contributed by atoms with van der Waals surface area (Å²) in [6.07, 6.45) is 7.74. The van der Waals surface area contributed by atoms with Crippen LogP contribution in [0, 0.1) is 11.3 Å². The van der Waals surface area contributed by atoms with Gasteiger partial charge in [0.05, 0.1) is 35.8 Å². The van der Waals surface area contributed by atoms with E-state index in [0.717, 1.165) is 26.1 Å². The van der Waals surface area contributed by atoms with E-state index in [1.54, 1.807) is 12.1 Å². The molecule has 164 valence electrons. The lowest BCUT2D eigenvalue weighted by Crippen LogP contribution is -2.21. The summed E-state index contributed by atoms with van der Waals surface area (Å²) in [7, 11) is 0. The number of rotatable bonds is 8. The summed E-state index contributed by atoms with van der Waals surface area (Å²) in [6, 6.07) is 7.47. The first-order valence-corrected chi connectivity index (χ1v) is 10.4. The Morgan fingerprint density at radius 3 is 2.78 bits per heavy atom. The maximum Gasteiger partial charge on any atom is 0.251 e.